The van der Waals surface area contributed by atoms with Crippen LogP contribution in [0.1, 0.15) is 33.6 Å². The molecule has 2 aliphatic rings. The summed E-state index contributed by atoms with van der Waals surface area (Å²) in [7, 11) is 0. The second kappa shape index (κ2) is 2.27. The Bertz CT molecular complexity index is 272. The number of rotatable bonds is 0. The number of aliphatic hydroxyl groups is 1. The van der Waals surface area contributed by atoms with Gasteiger partial charge in [0, 0.05) is 17.0 Å². The molecule has 0 aromatic carbocycles. The quantitative estimate of drug-likeness (QED) is 0.435. The Balaban J connectivity index is 2.46. The highest BCUT2D eigenvalue weighted by molar-refractivity contribution is 5.91. The summed E-state index contributed by atoms with van der Waals surface area (Å²) >= 11 is 0. The minimum atomic E-state index is -0.182. The van der Waals surface area contributed by atoms with Crippen LogP contribution in [0.15, 0.2) is 5.10 Å². The van der Waals surface area contributed by atoms with E-state index in [1.807, 2.05) is 0 Å². The number of hydrogen-bond acceptors (Lipinski definition) is 3. The second-order valence-electron chi connectivity index (χ2n) is 5.24. The smallest absolute Gasteiger partial charge is 0.0609 e. The van der Waals surface area contributed by atoms with Gasteiger partial charge in [-0.1, -0.05) is 20.8 Å². The van der Waals surface area contributed by atoms with Crippen molar-refractivity contribution >= 4 is 5.71 Å². The van der Waals surface area contributed by atoms with Crippen LogP contribution in [-0.4, -0.2) is 16.9 Å². The Labute approximate surface area is 79.0 Å². The van der Waals surface area contributed by atoms with E-state index in [0.29, 0.717) is 5.92 Å². The molecular weight excluding hydrogens is 164 g/mol. The predicted octanol–water partition coefficient (Wildman–Crippen LogP) is 1.12. The van der Waals surface area contributed by atoms with Crippen molar-refractivity contribution in [1.29, 1.82) is 0 Å². The van der Waals surface area contributed by atoms with E-state index in [-0.39, 0.29) is 16.9 Å². The summed E-state index contributed by atoms with van der Waals surface area (Å²) in [6, 6.07) is 0. The average Bonchev–Trinajstić information content (AvgIpc) is 2.34. The molecule has 3 nitrogen and oxygen atoms in total. The first kappa shape index (κ1) is 9.00. The predicted molar refractivity (Wildman–Crippen MR) is 52.2 cm³/mol. The lowest BCUT2D eigenvalue weighted by Crippen LogP contribution is -2.35. The number of aliphatic hydroxyl groups excluding tert-OH is 1. The van der Waals surface area contributed by atoms with Gasteiger partial charge in [0.05, 0.1) is 6.10 Å². The third-order valence-corrected chi connectivity index (χ3v) is 4.65. The highest BCUT2D eigenvalue weighted by Crippen LogP contribution is 2.64. The average molecular weight is 182 g/mol. The van der Waals surface area contributed by atoms with Crippen molar-refractivity contribution < 1.29 is 5.11 Å². The van der Waals surface area contributed by atoms with Gasteiger partial charge in [-0.25, -0.2) is 0 Å². The number of hydrogen-bond donors (Lipinski definition) is 2. The molecule has 0 aromatic heterocycles. The lowest BCUT2D eigenvalue weighted by atomic mass is 9.70. The van der Waals surface area contributed by atoms with E-state index in [1.54, 1.807) is 0 Å². The van der Waals surface area contributed by atoms with Crippen molar-refractivity contribution in [2.24, 2.45) is 27.7 Å². The summed E-state index contributed by atoms with van der Waals surface area (Å²) < 4.78 is 0. The fourth-order valence-electron chi connectivity index (χ4n) is 3.14. The van der Waals surface area contributed by atoms with E-state index in [4.69, 9.17) is 5.84 Å². The molecule has 0 unspecified atom stereocenters. The normalized spacial score (nSPS) is 50.3. The molecule has 2 saturated carbocycles. The number of nitrogens with two attached hydrogens (primary N) is 1. The Kier molecular flexibility index (Phi) is 1.57. The van der Waals surface area contributed by atoms with Gasteiger partial charge in [-0.2, -0.15) is 5.10 Å². The van der Waals surface area contributed by atoms with Crippen LogP contribution < -0.4 is 5.84 Å². The molecule has 3 N–H and O–H groups in total. The topological polar surface area (TPSA) is 58.6 Å². The van der Waals surface area contributed by atoms with Crippen molar-refractivity contribution in [3.8, 4) is 0 Å². The van der Waals surface area contributed by atoms with Gasteiger partial charge in [0.15, 0.2) is 0 Å². The molecular formula is C10H18N2O. The van der Waals surface area contributed by atoms with Crippen LogP contribution in [0.5, 0.6) is 0 Å². The standard InChI is InChI=1S/C10H18N2O/c1-9(2)6-4-8(13)10(9,3)5-7(6)12-11/h6,8,13H,4-5,11H2,1-3H3/b12-7+/t6-,8-,10-/m1/s1. The minimum Gasteiger partial charge on any atom is -0.393 e. The summed E-state index contributed by atoms with van der Waals surface area (Å²) in [5.74, 6) is 5.74. The van der Waals surface area contributed by atoms with E-state index in [0.717, 1.165) is 18.6 Å². The van der Waals surface area contributed by atoms with Crippen LogP contribution in [0, 0.1) is 16.7 Å². The highest BCUT2D eigenvalue weighted by atomic mass is 16.3. The van der Waals surface area contributed by atoms with Crippen molar-refractivity contribution in [3.63, 3.8) is 0 Å². The highest BCUT2D eigenvalue weighted by Gasteiger charge is 2.64. The first-order valence-electron chi connectivity index (χ1n) is 4.88. The minimum absolute atomic E-state index is 0.0180. The maximum Gasteiger partial charge on any atom is 0.0609 e. The summed E-state index contributed by atoms with van der Waals surface area (Å²) in [6.07, 6.45) is 1.51. The summed E-state index contributed by atoms with van der Waals surface area (Å²) in [5, 5.41) is 13.8. The molecule has 2 aliphatic carbocycles. The maximum atomic E-state index is 9.93. The van der Waals surface area contributed by atoms with E-state index in [2.05, 4.69) is 25.9 Å². The first-order chi connectivity index (χ1) is 5.93. The summed E-state index contributed by atoms with van der Waals surface area (Å²) in [4.78, 5) is 0. The third kappa shape index (κ3) is 0.810. The molecule has 74 valence electrons. The van der Waals surface area contributed by atoms with Gasteiger partial charge < -0.3 is 10.9 Å². The zero-order chi connectivity index (χ0) is 9.85. The molecule has 0 saturated heterocycles. The number of fused-ring (bicyclic) bond motifs is 2. The molecule has 0 amide bonds. The van der Waals surface area contributed by atoms with Crippen LogP contribution in [0.2, 0.25) is 0 Å². The van der Waals surface area contributed by atoms with Crippen LogP contribution in [0.4, 0.5) is 0 Å². The van der Waals surface area contributed by atoms with Gasteiger partial charge in [0.1, 0.15) is 0 Å². The molecule has 3 heteroatoms. The van der Waals surface area contributed by atoms with Crippen LogP contribution in [0.25, 0.3) is 0 Å². The fraction of sp³-hybridized carbons (Fsp3) is 0.900. The molecule has 0 spiro atoms. The van der Waals surface area contributed by atoms with Gasteiger partial charge in [-0.3, -0.25) is 0 Å². The zero-order valence-corrected chi connectivity index (χ0v) is 8.54. The van der Waals surface area contributed by atoms with E-state index in [1.165, 1.54) is 0 Å². The van der Waals surface area contributed by atoms with Crippen molar-refractivity contribution in [1.82, 2.24) is 0 Å². The van der Waals surface area contributed by atoms with Crippen LogP contribution in [-0.2, 0) is 0 Å². The summed E-state index contributed by atoms with van der Waals surface area (Å²) in [5.41, 5.74) is 1.22. The van der Waals surface area contributed by atoms with Crippen LogP contribution in [0.3, 0.4) is 0 Å². The molecule has 3 atom stereocenters. The monoisotopic (exact) mass is 182 g/mol. The number of nitrogens with zero attached hydrogens (tertiary/aromatic N) is 1. The van der Waals surface area contributed by atoms with Gasteiger partial charge in [-0.05, 0) is 18.3 Å². The van der Waals surface area contributed by atoms with Crippen LogP contribution >= 0.6 is 0 Å². The van der Waals surface area contributed by atoms with Crippen molar-refractivity contribution in [3.05, 3.63) is 0 Å². The fourth-order valence-corrected chi connectivity index (χ4v) is 3.14. The summed E-state index contributed by atoms with van der Waals surface area (Å²) in [6.45, 7) is 6.58. The SMILES string of the molecule is CC1(C)[C@@H]2C[C@@H](O)[C@@]1(C)C/C2=N\N. The molecule has 0 aliphatic heterocycles. The molecule has 2 rings (SSSR count). The van der Waals surface area contributed by atoms with Gasteiger partial charge in [-0.15, -0.1) is 0 Å². The molecule has 0 aromatic rings. The zero-order valence-electron chi connectivity index (χ0n) is 8.54. The lowest BCUT2D eigenvalue weighted by molar-refractivity contribution is 0.0177. The second-order valence-corrected chi connectivity index (χ2v) is 5.24. The van der Waals surface area contributed by atoms with Gasteiger partial charge in [0.2, 0.25) is 0 Å². The van der Waals surface area contributed by atoms with Crippen molar-refractivity contribution in [2.45, 2.75) is 39.7 Å². The van der Waals surface area contributed by atoms with E-state index < -0.39 is 0 Å². The molecule has 13 heavy (non-hydrogen) atoms. The molecule has 2 fully saturated rings. The Morgan fingerprint density at radius 3 is 2.38 bits per heavy atom. The molecule has 2 bridgehead atoms. The number of hydrazone groups is 1. The lowest BCUT2D eigenvalue weighted by Gasteiger charge is -2.36. The Morgan fingerprint density at radius 1 is 1.46 bits per heavy atom. The molecule has 0 heterocycles. The van der Waals surface area contributed by atoms with E-state index in [9.17, 15) is 5.11 Å². The molecule has 0 radical (unpaired) electrons. The van der Waals surface area contributed by atoms with Gasteiger partial charge >= 0.3 is 0 Å². The van der Waals surface area contributed by atoms with Gasteiger partial charge in [0.25, 0.3) is 0 Å². The first-order valence-corrected chi connectivity index (χ1v) is 4.88. The third-order valence-electron chi connectivity index (χ3n) is 4.65. The maximum absolute atomic E-state index is 9.93. The largest absolute Gasteiger partial charge is 0.393 e. The van der Waals surface area contributed by atoms with Crippen molar-refractivity contribution in [2.75, 3.05) is 0 Å². The Morgan fingerprint density at radius 2 is 2.08 bits per heavy atom. The van der Waals surface area contributed by atoms with E-state index >= 15 is 0 Å². The Hall–Kier alpha value is -0.570.